The zero-order chi connectivity index (χ0) is 23.2. The number of hydrogen-bond donors (Lipinski definition) is 3. The maximum Gasteiger partial charge on any atom is 0.255 e. The third-order valence-electron chi connectivity index (χ3n) is 6.18. The summed E-state index contributed by atoms with van der Waals surface area (Å²) in [5.74, 6) is -0.147. The lowest BCUT2D eigenvalue weighted by Crippen LogP contribution is -2.42. The van der Waals surface area contributed by atoms with Crippen molar-refractivity contribution >= 4 is 11.8 Å². The predicted octanol–water partition coefficient (Wildman–Crippen LogP) is 1.02. The zero-order valence-electron chi connectivity index (χ0n) is 18.9. The van der Waals surface area contributed by atoms with Gasteiger partial charge in [-0.2, -0.15) is 0 Å². The van der Waals surface area contributed by atoms with E-state index in [9.17, 15) is 14.7 Å². The summed E-state index contributed by atoms with van der Waals surface area (Å²) in [7, 11) is 1.47. The van der Waals surface area contributed by atoms with Crippen LogP contribution in [0.3, 0.4) is 0 Å². The number of hydrogen-bond acceptors (Lipinski definition) is 6. The summed E-state index contributed by atoms with van der Waals surface area (Å²) in [4.78, 5) is 27.1. The highest BCUT2D eigenvalue weighted by atomic mass is 16.5. The Labute approximate surface area is 193 Å². The van der Waals surface area contributed by atoms with E-state index in [0.717, 1.165) is 12.8 Å². The topological polar surface area (TPSA) is 100 Å². The van der Waals surface area contributed by atoms with Crippen LogP contribution in [-0.2, 0) is 17.6 Å². The van der Waals surface area contributed by atoms with Gasteiger partial charge in [0.2, 0.25) is 0 Å². The van der Waals surface area contributed by atoms with E-state index in [1.54, 1.807) is 23.1 Å². The van der Waals surface area contributed by atoms with Crippen LogP contribution in [0, 0.1) is 0 Å². The largest absolute Gasteiger partial charge is 0.496 e. The molecular weight excluding hydrogens is 422 g/mol. The van der Waals surface area contributed by atoms with Crippen molar-refractivity contribution in [1.82, 2.24) is 15.5 Å². The van der Waals surface area contributed by atoms with Gasteiger partial charge < -0.3 is 30.1 Å². The Bertz CT molecular complexity index is 965. The SMILES string of the molecule is COc1cc(C(=O)N2CCOCC2)ccc1C(=O)NC[C@@H](O)CNC1Cc2ccccc2C1. The van der Waals surface area contributed by atoms with E-state index in [1.165, 1.54) is 18.2 Å². The number of methoxy groups -OCH3 is 1. The van der Waals surface area contributed by atoms with E-state index in [2.05, 4.69) is 22.8 Å². The van der Waals surface area contributed by atoms with Gasteiger partial charge in [-0.25, -0.2) is 0 Å². The number of nitrogens with one attached hydrogen (secondary N) is 2. The molecule has 1 atom stereocenters. The molecule has 2 aromatic rings. The number of aliphatic hydroxyl groups excluding tert-OH is 1. The van der Waals surface area contributed by atoms with Crippen LogP contribution in [0.4, 0.5) is 0 Å². The standard InChI is InChI=1S/C25H31N3O5/c1-32-23-14-19(25(31)28-8-10-33-11-9-28)6-7-22(23)24(30)27-16-21(29)15-26-20-12-17-4-2-3-5-18(17)13-20/h2-7,14,20-21,26,29H,8-13,15-16H2,1H3,(H,27,30)/t21-/m0/s1. The quantitative estimate of drug-likeness (QED) is 0.552. The Morgan fingerprint density at radius 3 is 2.48 bits per heavy atom. The fraction of sp³-hybridized carbons (Fsp3) is 0.440. The van der Waals surface area contributed by atoms with Crippen LogP contribution in [-0.4, -0.2) is 80.5 Å². The molecule has 1 fully saturated rings. The smallest absolute Gasteiger partial charge is 0.255 e. The second-order valence-corrected chi connectivity index (χ2v) is 8.47. The highest BCUT2D eigenvalue weighted by molar-refractivity contribution is 6.00. The van der Waals surface area contributed by atoms with Crippen LogP contribution in [0.25, 0.3) is 0 Å². The number of nitrogens with zero attached hydrogens (tertiary/aromatic N) is 1. The molecule has 1 heterocycles. The molecule has 0 radical (unpaired) electrons. The number of morpholine rings is 1. The van der Waals surface area contributed by atoms with Crippen LogP contribution in [0.5, 0.6) is 5.75 Å². The van der Waals surface area contributed by atoms with Crippen molar-refractivity contribution in [3.05, 3.63) is 64.7 Å². The summed E-state index contributed by atoms with van der Waals surface area (Å²) in [6.45, 7) is 2.64. The molecule has 0 bridgehead atoms. The lowest BCUT2D eigenvalue weighted by molar-refractivity contribution is 0.0302. The first-order valence-corrected chi connectivity index (χ1v) is 11.4. The van der Waals surface area contributed by atoms with Gasteiger partial charge in [-0.1, -0.05) is 24.3 Å². The Kier molecular flexibility index (Phi) is 7.59. The summed E-state index contributed by atoms with van der Waals surface area (Å²) in [6, 6.07) is 13.5. The fourth-order valence-electron chi connectivity index (χ4n) is 4.34. The van der Waals surface area contributed by atoms with Crippen molar-refractivity contribution in [3.8, 4) is 5.75 Å². The van der Waals surface area contributed by atoms with Crippen molar-refractivity contribution in [2.75, 3.05) is 46.5 Å². The molecule has 8 heteroatoms. The van der Waals surface area contributed by atoms with Crippen LogP contribution in [0.15, 0.2) is 42.5 Å². The Morgan fingerprint density at radius 1 is 1.12 bits per heavy atom. The summed E-state index contributed by atoms with van der Waals surface area (Å²) < 4.78 is 10.7. The number of benzene rings is 2. The second-order valence-electron chi connectivity index (χ2n) is 8.47. The number of carbonyl (C=O) groups excluding carboxylic acids is 2. The Morgan fingerprint density at radius 2 is 1.82 bits per heavy atom. The molecule has 0 spiro atoms. The van der Waals surface area contributed by atoms with E-state index in [1.807, 2.05) is 12.1 Å². The number of carbonyl (C=O) groups is 2. The van der Waals surface area contributed by atoms with Gasteiger partial charge in [0.1, 0.15) is 5.75 Å². The predicted molar refractivity (Wildman–Crippen MR) is 124 cm³/mol. The minimum Gasteiger partial charge on any atom is -0.496 e. The summed E-state index contributed by atoms with van der Waals surface area (Å²) in [6.07, 6.45) is 1.18. The van der Waals surface area contributed by atoms with Gasteiger partial charge in [-0.3, -0.25) is 9.59 Å². The minimum atomic E-state index is -0.717. The number of amides is 2. The number of fused-ring (bicyclic) bond motifs is 1. The maximum atomic E-state index is 12.7. The molecule has 0 unspecified atom stereocenters. The molecule has 33 heavy (non-hydrogen) atoms. The van der Waals surface area contributed by atoms with E-state index in [4.69, 9.17) is 9.47 Å². The number of aliphatic hydroxyl groups is 1. The molecule has 1 aliphatic heterocycles. The molecule has 2 aromatic carbocycles. The van der Waals surface area contributed by atoms with Crippen molar-refractivity contribution < 1.29 is 24.2 Å². The normalized spacial score (nSPS) is 16.8. The molecule has 0 saturated carbocycles. The van der Waals surface area contributed by atoms with E-state index < -0.39 is 6.10 Å². The molecule has 2 aliphatic rings. The second kappa shape index (κ2) is 10.8. The molecular formula is C25H31N3O5. The van der Waals surface area contributed by atoms with E-state index >= 15 is 0 Å². The Balaban J connectivity index is 1.27. The number of ether oxygens (including phenoxy) is 2. The van der Waals surface area contributed by atoms with Crippen molar-refractivity contribution in [2.45, 2.75) is 25.0 Å². The first-order chi connectivity index (χ1) is 16.0. The summed E-state index contributed by atoms with van der Waals surface area (Å²) in [5.41, 5.74) is 3.48. The van der Waals surface area contributed by atoms with Crippen LogP contribution in [0.1, 0.15) is 31.8 Å². The molecule has 3 N–H and O–H groups in total. The lowest BCUT2D eigenvalue weighted by Gasteiger charge is -2.27. The summed E-state index contributed by atoms with van der Waals surface area (Å²) in [5, 5.41) is 16.5. The van der Waals surface area contributed by atoms with E-state index in [0.29, 0.717) is 55.8 Å². The molecule has 0 aromatic heterocycles. The maximum absolute atomic E-state index is 12.7. The summed E-state index contributed by atoms with van der Waals surface area (Å²) >= 11 is 0. The van der Waals surface area contributed by atoms with Crippen LogP contribution < -0.4 is 15.4 Å². The van der Waals surface area contributed by atoms with Gasteiger partial charge in [0.15, 0.2) is 0 Å². The third-order valence-corrected chi connectivity index (χ3v) is 6.18. The van der Waals surface area contributed by atoms with Crippen molar-refractivity contribution in [3.63, 3.8) is 0 Å². The lowest BCUT2D eigenvalue weighted by atomic mass is 10.1. The molecule has 1 saturated heterocycles. The fourth-order valence-corrected chi connectivity index (χ4v) is 4.34. The van der Waals surface area contributed by atoms with Gasteiger partial charge in [0.25, 0.3) is 11.8 Å². The third kappa shape index (κ3) is 5.71. The Hall–Kier alpha value is -2.94. The van der Waals surface area contributed by atoms with E-state index in [-0.39, 0.29) is 18.4 Å². The van der Waals surface area contributed by atoms with Gasteiger partial charge in [-0.05, 0) is 42.2 Å². The van der Waals surface area contributed by atoms with Crippen molar-refractivity contribution in [1.29, 1.82) is 0 Å². The van der Waals surface area contributed by atoms with Gasteiger partial charge in [-0.15, -0.1) is 0 Å². The zero-order valence-corrected chi connectivity index (χ0v) is 18.9. The highest BCUT2D eigenvalue weighted by Crippen LogP contribution is 2.22. The first-order valence-electron chi connectivity index (χ1n) is 11.4. The molecule has 4 rings (SSSR count). The molecule has 176 valence electrons. The van der Waals surface area contributed by atoms with Crippen LogP contribution >= 0.6 is 0 Å². The monoisotopic (exact) mass is 453 g/mol. The van der Waals surface area contributed by atoms with Crippen LogP contribution in [0.2, 0.25) is 0 Å². The van der Waals surface area contributed by atoms with Gasteiger partial charge in [0, 0.05) is 37.8 Å². The minimum absolute atomic E-state index is 0.112. The number of rotatable bonds is 8. The highest BCUT2D eigenvalue weighted by Gasteiger charge is 2.23. The first kappa shape index (κ1) is 23.2. The average molecular weight is 454 g/mol. The van der Waals surface area contributed by atoms with Gasteiger partial charge >= 0.3 is 0 Å². The average Bonchev–Trinajstić information content (AvgIpc) is 3.29. The van der Waals surface area contributed by atoms with Crippen molar-refractivity contribution in [2.24, 2.45) is 0 Å². The van der Waals surface area contributed by atoms with Gasteiger partial charge in [0.05, 0.1) is 32.0 Å². The molecule has 1 aliphatic carbocycles. The molecule has 8 nitrogen and oxygen atoms in total. The molecule has 2 amide bonds.